The first kappa shape index (κ1) is 21.7. The van der Waals surface area contributed by atoms with Gasteiger partial charge in [-0.3, -0.25) is 4.79 Å². The molecule has 0 unspecified atom stereocenters. The largest absolute Gasteiger partial charge is 0.458 e. The van der Waals surface area contributed by atoms with Crippen molar-refractivity contribution in [3.8, 4) is 0 Å². The summed E-state index contributed by atoms with van der Waals surface area (Å²) in [5.41, 5.74) is 4.45. The van der Waals surface area contributed by atoms with Crippen LogP contribution in [0.15, 0.2) is 11.1 Å². The van der Waals surface area contributed by atoms with Gasteiger partial charge in [0.05, 0.1) is 5.41 Å². The molecule has 0 spiro atoms. The fourth-order valence-electron chi connectivity index (χ4n) is 11.4. The van der Waals surface area contributed by atoms with Gasteiger partial charge in [-0.25, -0.2) is 0 Å². The molecule has 4 saturated carbocycles. The van der Waals surface area contributed by atoms with Crippen molar-refractivity contribution >= 4 is 5.97 Å². The Kier molecular flexibility index (Phi) is 4.24. The van der Waals surface area contributed by atoms with Gasteiger partial charge in [-0.15, -0.1) is 0 Å². The Morgan fingerprint density at radius 2 is 1.56 bits per heavy atom. The maximum Gasteiger partial charge on any atom is 0.313 e. The predicted molar refractivity (Wildman–Crippen MR) is 129 cm³/mol. The van der Waals surface area contributed by atoms with Gasteiger partial charge >= 0.3 is 5.97 Å². The zero-order valence-corrected chi connectivity index (χ0v) is 21.8. The summed E-state index contributed by atoms with van der Waals surface area (Å²) in [6.45, 7) is 17.5. The van der Waals surface area contributed by atoms with Crippen molar-refractivity contribution in [3.05, 3.63) is 11.1 Å². The van der Waals surface area contributed by atoms with Gasteiger partial charge in [0, 0.05) is 5.92 Å². The van der Waals surface area contributed by atoms with Crippen LogP contribution in [-0.4, -0.2) is 11.6 Å². The first-order valence-electron chi connectivity index (χ1n) is 13.9. The van der Waals surface area contributed by atoms with Crippen LogP contribution in [0.25, 0.3) is 0 Å². The second-order valence-corrected chi connectivity index (χ2v) is 14.3. The van der Waals surface area contributed by atoms with E-state index in [9.17, 15) is 4.79 Å². The van der Waals surface area contributed by atoms with E-state index in [1.54, 1.807) is 5.57 Å². The highest BCUT2D eigenvalue weighted by Gasteiger charge is 2.78. The number of rotatable bonds is 2. The number of carbonyl (C=O) groups excluding carboxylic acids is 1. The van der Waals surface area contributed by atoms with Crippen molar-refractivity contribution in [1.82, 2.24) is 0 Å². The second kappa shape index (κ2) is 6.25. The van der Waals surface area contributed by atoms with E-state index < -0.39 is 0 Å². The minimum Gasteiger partial charge on any atom is -0.458 e. The molecule has 1 saturated heterocycles. The minimum atomic E-state index is -0.186. The van der Waals surface area contributed by atoms with Crippen LogP contribution >= 0.6 is 0 Å². The molecular weight excluding hydrogens is 392 g/mol. The standard InChI is InChI=1S/C30H46O2/c1-18(2)20-10-12-26(5)21(20)11-13-28(7)23(26)9-8-22-24-29(15-14-27(22,28)6)16-17-30(24,19(3)4)32-25(29)31/h18-19,22-24H,8-17H2,1-7H3/t22-,23-,24-,26+,27-,28-,29+,30+/m1/s1. The van der Waals surface area contributed by atoms with E-state index >= 15 is 0 Å². The molecule has 0 aromatic carbocycles. The van der Waals surface area contributed by atoms with Crippen LogP contribution in [0.1, 0.15) is 113 Å². The van der Waals surface area contributed by atoms with Gasteiger partial charge in [0.1, 0.15) is 5.60 Å². The van der Waals surface area contributed by atoms with Gasteiger partial charge in [-0.2, -0.15) is 0 Å². The number of fused-ring (bicyclic) bond motifs is 5. The Hall–Kier alpha value is -0.790. The lowest BCUT2D eigenvalue weighted by atomic mass is 9.35. The summed E-state index contributed by atoms with van der Waals surface area (Å²) in [6.07, 6.45) is 12.6. The lowest BCUT2D eigenvalue weighted by molar-refractivity contribution is -0.195. The quantitative estimate of drug-likeness (QED) is 0.326. The van der Waals surface area contributed by atoms with E-state index in [4.69, 9.17) is 4.74 Å². The number of hydrogen-bond donors (Lipinski definition) is 0. The van der Waals surface area contributed by atoms with Gasteiger partial charge in [0.15, 0.2) is 0 Å². The van der Waals surface area contributed by atoms with E-state index in [1.165, 1.54) is 44.9 Å². The third-order valence-electron chi connectivity index (χ3n) is 13.3. The van der Waals surface area contributed by atoms with Crippen molar-refractivity contribution in [1.29, 1.82) is 0 Å². The van der Waals surface area contributed by atoms with E-state index in [2.05, 4.69) is 48.5 Å². The summed E-state index contributed by atoms with van der Waals surface area (Å²) in [5, 5.41) is 0. The molecule has 0 aromatic heterocycles. The number of esters is 1. The topological polar surface area (TPSA) is 26.3 Å². The lowest BCUT2D eigenvalue weighted by Crippen LogP contribution is -2.63. The fourth-order valence-corrected chi connectivity index (χ4v) is 11.4. The van der Waals surface area contributed by atoms with E-state index in [0.29, 0.717) is 39.9 Å². The van der Waals surface area contributed by atoms with Crippen molar-refractivity contribution in [2.45, 2.75) is 118 Å². The average Bonchev–Trinajstić information content (AvgIpc) is 3.33. The molecule has 0 radical (unpaired) electrons. The normalized spacial score (nSPS) is 53.9. The predicted octanol–water partition coefficient (Wildman–Crippen LogP) is 7.71. The molecule has 6 rings (SSSR count). The van der Waals surface area contributed by atoms with Crippen molar-refractivity contribution in [3.63, 3.8) is 0 Å². The van der Waals surface area contributed by atoms with Crippen LogP contribution in [0.5, 0.6) is 0 Å². The zero-order valence-electron chi connectivity index (χ0n) is 21.8. The highest BCUT2D eigenvalue weighted by atomic mass is 16.6. The van der Waals surface area contributed by atoms with Crippen LogP contribution in [-0.2, 0) is 9.53 Å². The first-order valence-corrected chi connectivity index (χ1v) is 13.9. The van der Waals surface area contributed by atoms with Gasteiger partial charge in [0.2, 0.25) is 0 Å². The Balaban J connectivity index is 1.44. The van der Waals surface area contributed by atoms with Crippen molar-refractivity contribution in [2.75, 3.05) is 0 Å². The minimum absolute atomic E-state index is 0.153. The summed E-state index contributed by atoms with van der Waals surface area (Å²) < 4.78 is 6.39. The molecule has 1 heterocycles. The molecule has 6 aliphatic rings. The SMILES string of the molecule is CC(C)C1=C2CC[C@]3(C)[C@H](CC[C@@H]4[C@@H]5[C@@]6(CC[C@@]5(C(C)C)OC6=O)CC[C@]43C)[C@@]2(C)CC1. The number of hydrogen-bond acceptors (Lipinski definition) is 2. The highest BCUT2D eigenvalue weighted by molar-refractivity contribution is 5.82. The van der Waals surface area contributed by atoms with Gasteiger partial charge in [-0.1, -0.05) is 59.6 Å². The van der Waals surface area contributed by atoms with E-state index in [0.717, 1.165) is 25.2 Å². The van der Waals surface area contributed by atoms with E-state index in [-0.39, 0.29) is 17.0 Å². The molecule has 2 bridgehead atoms. The molecule has 178 valence electrons. The monoisotopic (exact) mass is 438 g/mol. The maximum absolute atomic E-state index is 13.3. The molecule has 2 nitrogen and oxygen atoms in total. The van der Waals surface area contributed by atoms with Gasteiger partial charge < -0.3 is 4.74 Å². The number of carbonyl (C=O) groups is 1. The molecule has 5 fully saturated rings. The number of allylic oxidation sites excluding steroid dienone is 2. The smallest absolute Gasteiger partial charge is 0.313 e. The molecule has 0 N–H and O–H groups in total. The summed E-state index contributed by atoms with van der Waals surface area (Å²) >= 11 is 0. The second-order valence-electron chi connectivity index (χ2n) is 14.3. The molecule has 5 aliphatic carbocycles. The Labute approximate surface area is 196 Å². The third kappa shape index (κ3) is 2.14. The molecule has 0 aromatic rings. The summed E-state index contributed by atoms with van der Waals surface area (Å²) in [6, 6.07) is 0. The van der Waals surface area contributed by atoms with Crippen molar-refractivity contribution < 1.29 is 9.53 Å². The van der Waals surface area contributed by atoms with Crippen LogP contribution in [0.3, 0.4) is 0 Å². The summed E-state index contributed by atoms with van der Waals surface area (Å²) in [7, 11) is 0. The molecule has 2 heteroatoms. The summed E-state index contributed by atoms with van der Waals surface area (Å²) in [4.78, 5) is 13.3. The average molecular weight is 439 g/mol. The molecule has 1 aliphatic heterocycles. The Morgan fingerprint density at radius 3 is 2.22 bits per heavy atom. The van der Waals surface area contributed by atoms with Gasteiger partial charge in [-0.05, 0) is 104 Å². The molecule has 32 heavy (non-hydrogen) atoms. The number of ether oxygens (including phenoxy) is 1. The van der Waals surface area contributed by atoms with Gasteiger partial charge in [0.25, 0.3) is 0 Å². The summed E-state index contributed by atoms with van der Waals surface area (Å²) in [5.74, 6) is 3.22. The zero-order chi connectivity index (χ0) is 22.9. The fraction of sp³-hybridized carbons (Fsp3) is 0.900. The molecule has 0 amide bonds. The van der Waals surface area contributed by atoms with Crippen LogP contribution in [0.4, 0.5) is 0 Å². The molecule has 8 atom stereocenters. The molecular formula is C30H46O2. The van der Waals surface area contributed by atoms with Crippen LogP contribution in [0, 0.1) is 51.2 Å². The first-order chi connectivity index (χ1) is 15.0. The van der Waals surface area contributed by atoms with Crippen molar-refractivity contribution in [2.24, 2.45) is 51.2 Å². The highest BCUT2D eigenvalue weighted by Crippen LogP contribution is 2.79. The Bertz CT molecular complexity index is 899. The van der Waals surface area contributed by atoms with Crippen LogP contribution in [0.2, 0.25) is 0 Å². The lowest BCUT2D eigenvalue weighted by Gasteiger charge is -2.69. The third-order valence-corrected chi connectivity index (χ3v) is 13.3. The Morgan fingerprint density at radius 1 is 0.844 bits per heavy atom. The van der Waals surface area contributed by atoms with E-state index in [1.807, 2.05) is 5.57 Å². The maximum atomic E-state index is 13.3. The van der Waals surface area contributed by atoms with Crippen LogP contribution < -0.4 is 0 Å².